The second-order valence-corrected chi connectivity index (χ2v) is 2.93. The maximum atomic E-state index is 12.4. The molecule has 0 fully saturated rings. The number of rotatable bonds is 3. The summed E-state index contributed by atoms with van der Waals surface area (Å²) in [7, 11) is 0. The molecule has 0 aromatic carbocycles. The summed E-state index contributed by atoms with van der Waals surface area (Å²) in [5, 5.41) is 1.85. The molecule has 1 aromatic rings. The van der Waals surface area contributed by atoms with Gasteiger partial charge < -0.3 is 10.5 Å². The Morgan fingerprint density at radius 3 is 2.75 bits per heavy atom. The van der Waals surface area contributed by atoms with Crippen molar-refractivity contribution in [2.75, 3.05) is 0 Å². The van der Waals surface area contributed by atoms with E-state index in [2.05, 4.69) is 4.98 Å². The van der Waals surface area contributed by atoms with Gasteiger partial charge in [-0.15, -0.1) is 0 Å². The molecule has 1 rings (SSSR count). The number of aromatic nitrogens is 1. The Morgan fingerprint density at radius 2 is 2.25 bits per heavy atom. The highest BCUT2D eigenvalue weighted by Gasteiger charge is 2.16. The number of amides is 3. The van der Waals surface area contributed by atoms with Crippen molar-refractivity contribution in [1.29, 1.82) is 0 Å². The Balaban J connectivity index is 2.57. The van der Waals surface area contributed by atoms with E-state index in [0.29, 0.717) is 0 Å². The summed E-state index contributed by atoms with van der Waals surface area (Å²) in [5.41, 5.74) is 4.76. The zero-order chi connectivity index (χ0) is 12.1. The highest BCUT2D eigenvalue weighted by atomic mass is 19.1. The molecule has 0 spiro atoms. The minimum Gasteiger partial charge on any atom is -0.479 e. The predicted octanol–water partition coefficient (Wildman–Crippen LogP) is 0.183. The fourth-order valence-electron chi connectivity index (χ4n) is 0.913. The van der Waals surface area contributed by atoms with E-state index in [0.717, 1.165) is 12.3 Å². The lowest BCUT2D eigenvalue weighted by Crippen LogP contribution is -2.42. The van der Waals surface area contributed by atoms with Crippen LogP contribution in [0.5, 0.6) is 5.75 Å². The van der Waals surface area contributed by atoms with Crippen LogP contribution in [0.3, 0.4) is 0 Å². The summed E-state index contributed by atoms with van der Waals surface area (Å²) in [6.07, 6.45) is 0.198. The van der Waals surface area contributed by atoms with Gasteiger partial charge in [-0.05, 0) is 19.1 Å². The van der Waals surface area contributed by atoms with E-state index < -0.39 is 24.0 Å². The number of nitrogens with zero attached hydrogens (tertiary/aromatic N) is 1. The number of halogens is 1. The molecule has 3 amide bonds. The number of carbonyl (C=O) groups is 2. The lowest BCUT2D eigenvalue weighted by atomic mass is 10.3. The minimum absolute atomic E-state index is 0.216. The van der Waals surface area contributed by atoms with Crippen LogP contribution in [-0.4, -0.2) is 23.0 Å². The minimum atomic E-state index is -0.960. The Morgan fingerprint density at radius 1 is 1.56 bits per heavy atom. The molecule has 6 nitrogen and oxygen atoms in total. The average molecular weight is 227 g/mol. The van der Waals surface area contributed by atoms with Crippen molar-refractivity contribution in [2.24, 2.45) is 5.73 Å². The molecule has 0 aliphatic heterocycles. The molecule has 1 atom stereocenters. The molecule has 0 aliphatic rings. The molecule has 16 heavy (non-hydrogen) atoms. The van der Waals surface area contributed by atoms with Gasteiger partial charge in [-0.25, -0.2) is 9.78 Å². The van der Waals surface area contributed by atoms with Gasteiger partial charge in [0, 0.05) is 0 Å². The summed E-state index contributed by atoms with van der Waals surface area (Å²) < 4.78 is 17.5. The lowest BCUT2D eigenvalue weighted by Gasteiger charge is -2.12. The molecule has 7 heteroatoms. The van der Waals surface area contributed by atoms with Crippen LogP contribution in [0.1, 0.15) is 6.92 Å². The highest BCUT2D eigenvalue weighted by molar-refractivity contribution is 5.95. The van der Waals surface area contributed by atoms with Gasteiger partial charge in [-0.2, -0.15) is 4.39 Å². The molecular weight excluding hydrogens is 217 g/mol. The number of hydrogen-bond donors (Lipinski definition) is 2. The summed E-state index contributed by atoms with van der Waals surface area (Å²) >= 11 is 0. The number of urea groups is 1. The Hall–Kier alpha value is -2.18. The van der Waals surface area contributed by atoms with Crippen LogP contribution < -0.4 is 15.8 Å². The summed E-state index contributed by atoms with van der Waals surface area (Å²) in [5.74, 6) is -1.12. The van der Waals surface area contributed by atoms with Crippen molar-refractivity contribution in [1.82, 2.24) is 10.3 Å². The summed E-state index contributed by atoms with van der Waals surface area (Å²) in [4.78, 5) is 24.9. The van der Waals surface area contributed by atoms with E-state index in [4.69, 9.17) is 10.5 Å². The molecule has 0 aliphatic carbocycles. The zero-order valence-electron chi connectivity index (χ0n) is 8.44. The molecule has 0 bridgehead atoms. The van der Waals surface area contributed by atoms with Gasteiger partial charge in [-0.3, -0.25) is 10.1 Å². The van der Waals surface area contributed by atoms with Gasteiger partial charge in [0.25, 0.3) is 5.91 Å². The molecular formula is C9H10FN3O3. The van der Waals surface area contributed by atoms with Crippen LogP contribution in [0.2, 0.25) is 0 Å². The maximum Gasteiger partial charge on any atom is 0.318 e. The molecule has 86 valence electrons. The fourth-order valence-corrected chi connectivity index (χ4v) is 0.913. The van der Waals surface area contributed by atoms with Gasteiger partial charge in [0.2, 0.25) is 5.95 Å². The zero-order valence-corrected chi connectivity index (χ0v) is 8.44. The molecule has 0 radical (unpaired) electrons. The van der Waals surface area contributed by atoms with Crippen LogP contribution in [0.4, 0.5) is 9.18 Å². The molecule has 0 saturated carbocycles. The van der Waals surface area contributed by atoms with Gasteiger partial charge in [0.05, 0.1) is 6.20 Å². The van der Waals surface area contributed by atoms with Gasteiger partial charge in [0.15, 0.2) is 6.10 Å². The number of pyridine rings is 1. The third-order valence-corrected chi connectivity index (χ3v) is 1.63. The summed E-state index contributed by atoms with van der Waals surface area (Å²) in [6.45, 7) is 1.42. The molecule has 1 heterocycles. The summed E-state index contributed by atoms with van der Waals surface area (Å²) in [6, 6.07) is 1.45. The number of imide groups is 1. The Kier molecular flexibility index (Phi) is 3.76. The largest absolute Gasteiger partial charge is 0.479 e. The molecule has 1 unspecified atom stereocenters. The average Bonchev–Trinajstić information content (AvgIpc) is 2.20. The molecule has 3 N–H and O–H groups in total. The Bertz CT molecular complexity index is 393. The maximum absolute atomic E-state index is 12.4. The standard InChI is InChI=1S/C9H10FN3O3/c1-5(8(14)13-9(11)15)16-6-2-3-7(10)12-4-6/h2-5H,1H3,(H3,11,13,14,15). The van der Waals surface area contributed by atoms with Crippen molar-refractivity contribution in [3.63, 3.8) is 0 Å². The van der Waals surface area contributed by atoms with Crippen LogP contribution in [0.15, 0.2) is 18.3 Å². The first-order valence-electron chi connectivity index (χ1n) is 4.37. The van der Waals surface area contributed by atoms with Gasteiger partial charge >= 0.3 is 6.03 Å². The quantitative estimate of drug-likeness (QED) is 0.720. The molecule has 0 saturated heterocycles. The number of hydrogen-bond acceptors (Lipinski definition) is 4. The molecule has 1 aromatic heterocycles. The van der Waals surface area contributed by atoms with Crippen molar-refractivity contribution < 1.29 is 18.7 Å². The second kappa shape index (κ2) is 5.06. The number of carbonyl (C=O) groups excluding carboxylic acids is 2. The Labute approximate surface area is 90.6 Å². The fraction of sp³-hybridized carbons (Fsp3) is 0.222. The second-order valence-electron chi connectivity index (χ2n) is 2.93. The third-order valence-electron chi connectivity index (χ3n) is 1.63. The highest BCUT2D eigenvalue weighted by Crippen LogP contribution is 2.10. The number of ether oxygens (including phenoxy) is 1. The first kappa shape index (κ1) is 11.9. The van der Waals surface area contributed by atoms with E-state index in [9.17, 15) is 14.0 Å². The number of primary amides is 1. The topological polar surface area (TPSA) is 94.3 Å². The first-order valence-corrected chi connectivity index (χ1v) is 4.37. The first-order chi connectivity index (χ1) is 7.49. The van der Waals surface area contributed by atoms with Crippen LogP contribution in [-0.2, 0) is 4.79 Å². The van der Waals surface area contributed by atoms with Crippen molar-refractivity contribution in [2.45, 2.75) is 13.0 Å². The number of nitrogens with two attached hydrogens (primary N) is 1. The smallest absolute Gasteiger partial charge is 0.318 e. The van der Waals surface area contributed by atoms with Crippen molar-refractivity contribution in [3.8, 4) is 5.75 Å². The van der Waals surface area contributed by atoms with E-state index in [1.165, 1.54) is 13.0 Å². The SMILES string of the molecule is CC(Oc1ccc(F)nc1)C(=O)NC(N)=O. The van der Waals surface area contributed by atoms with Crippen molar-refractivity contribution >= 4 is 11.9 Å². The van der Waals surface area contributed by atoms with Gasteiger partial charge in [0.1, 0.15) is 5.75 Å². The predicted molar refractivity (Wildman–Crippen MR) is 52.0 cm³/mol. The lowest BCUT2D eigenvalue weighted by molar-refractivity contribution is -0.126. The monoisotopic (exact) mass is 227 g/mol. The van der Waals surface area contributed by atoms with E-state index in [1.54, 1.807) is 0 Å². The normalized spacial score (nSPS) is 11.6. The van der Waals surface area contributed by atoms with Crippen LogP contribution >= 0.6 is 0 Å². The van der Waals surface area contributed by atoms with Crippen molar-refractivity contribution in [3.05, 3.63) is 24.3 Å². The van der Waals surface area contributed by atoms with Crippen LogP contribution in [0, 0.1) is 5.95 Å². The van der Waals surface area contributed by atoms with E-state index >= 15 is 0 Å². The van der Waals surface area contributed by atoms with E-state index in [-0.39, 0.29) is 5.75 Å². The van der Waals surface area contributed by atoms with Gasteiger partial charge in [-0.1, -0.05) is 0 Å². The van der Waals surface area contributed by atoms with E-state index in [1.807, 2.05) is 5.32 Å². The number of nitrogens with one attached hydrogen (secondary N) is 1. The van der Waals surface area contributed by atoms with Crippen LogP contribution in [0.25, 0.3) is 0 Å². The third kappa shape index (κ3) is 3.52.